The lowest BCUT2D eigenvalue weighted by Crippen LogP contribution is -2.47. The van der Waals surface area contributed by atoms with Gasteiger partial charge in [-0.25, -0.2) is 4.79 Å². The average Bonchev–Trinajstić information content (AvgIpc) is 3.18. The zero-order valence-corrected chi connectivity index (χ0v) is 23.0. The number of carboxylic acids is 1. The van der Waals surface area contributed by atoms with E-state index in [1.807, 2.05) is 20.8 Å². The van der Waals surface area contributed by atoms with E-state index in [1.165, 1.54) is 0 Å². The van der Waals surface area contributed by atoms with Crippen LogP contribution in [-0.2, 0) is 4.79 Å². The summed E-state index contributed by atoms with van der Waals surface area (Å²) in [5.74, 6) is 5.89. The molecule has 3 rings (SSSR count). The van der Waals surface area contributed by atoms with E-state index in [2.05, 4.69) is 18.8 Å². The summed E-state index contributed by atoms with van der Waals surface area (Å²) in [6.07, 6.45) is 5.93. The first-order chi connectivity index (χ1) is 16.3. The van der Waals surface area contributed by atoms with Crippen molar-refractivity contribution >= 4 is 28.9 Å². The normalized spacial score (nSPS) is 24.6. The molecule has 1 aromatic rings. The minimum atomic E-state index is -1.02. The first-order valence-electron chi connectivity index (χ1n) is 12.9. The Kier molecular flexibility index (Phi) is 10.8. The van der Waals surface area contributed by atoms with Gasteiger partial charge in [-0.2, -0.15) is 0 Å². The fourth-order valence-electron chi connectivity index (χ4n) is 4.54. The highest BCUT2D eigenvalue weighted by Crippen LogP contribution is 2.38. The molecule has 7 heteroatoms. The van der Waals surface area contributed by atoms with E-state index in [1.54, 1.807) is 24.8 Å². The predicted octanol–water partition coefficient (Wildman–Crippen LogP) is 5.69. The maximum atomic E-state index is 13.7. The molecule has 2 aliphatic carbocycles. The van der Waals surface area contributed by atoms with Gasteiger partial charge in [-0.05, 0) is 98.0 Å². The number of hydrogen-bond donors (Lipinski definition) is 3. The SMILES string of the molecule is CC(C)O.CC1CCC(C(=O)N(c2cc(C#CC(C)(C)C)sc2C(=O)O)C2CCC(O)CC2)CC1. The molecule has 1 amide bonds. The number of hydrogen-bond acceptors (Lipinski definition) is 5. The van der Waals surface area contributed by atoms with Crippen LogP contribution in [0.15, 0.2) is 6.07 Å². The summed E-state index contributed by atoms with van der Waals surface area (Å²) >= 11 is 1.15. The van der Waals surface area contributed by atoms with Gasteiger partial charge in [0.1, 0.15) is 4.88 Å². The summed E-state index contributed by atoms with van der Waals surface area (Å²) in [4.78, 5) is 28.5. The molecular weight excluding hydrogens is 462 g/mol. The van der Waals surface area contributed by atoms with Crippen molar-refractivity contribution in [3.8, 4) is 11.8 Å². The van der Waals surface area contributed by atoms with Crippen molar-refractivity contribution in [1.29, 1.82) is 0 Å². The van der Waals surface area contributed by atoms with Gasteiger partial charge < -0.3 is 20.2 Å². The third-order valence-electron chi connectivity index (χ3n) is 6.36. The zero-order chi connectivity index (χ0) is 26.3. The maximum absolute atomic E-state index is 13.7. The fourth-order valence-corrected chi connectivity index (χ4v) is 5.38. The molecule has 0 aliphatic heterocycles. The van der Waals surface area contributed by atoms with E-state index < -0.39 is 5.97 Å². The first-order valence-corrected chi connectivity index (χ1v) is 13.7. The number of carboxylic acid groups (broad SMARTS) is 1. The van der Waals surface area contributed by atoms with Crippen LogP contribution in [0.25, 0.3) is 0 Å². The van der Waals surface area contributed by atoms with Gasteiger partial charge in [-0.15, -0.1) is 11.3 Å². The summed E-state index contributed by atoms with van der Waals surface area (Å²) in [7, 11) is 0. The van der Waals surface area contributed by atoms with Crippen LogP contribution in [0.1, 0.15) is 107 Å². The highest BCUT2D eigenvalue weighted by molar-refractivity contribution is 7.15. The van der Waals surface area contributed by atoms with Crippen molar-refractivity contribution in [2.75, 3.05) is 4.90 Å². The minimum absolute atomic E-state index is 0.0453. The van der Waals surface area contributed by atoms with Gasteiger partial charge in [0.2, 0.25) is 5.91 Å². The Morgan fingerprint density at radius 3 is 2.09 bits per heavy atom. The van der Waals surface area contributed by atoms with Crippen molar-refractivity contribution in [2.45, 2.75) is 111 Å². The van der Waals surface area contributed by atoms with Gasteiger partial charge in [0.05, 0.1) is 16.7 Å². The zero-order valence-electron chi connectivity index (χ0n) is 22.1. The Bertz CT molecular complexity index is 901. The molecule has 0 atom stereocenters. The molecule has 1 aromatic heterocycles. The van der Waals surface area contributed by atoms with Crippen molar-refractivity contribution in [3.63, 3.8) is 0 Å². The Morgan fingerprint density at radius 2 is 1.60 bits per heavy atom. The smallest absolute Gasteiger partial charge is 0.348 e. The van der Waals surface area contributed by atoms with Gasteiger partial charge in [0, 0.05) is 23.5 Å². The second kappa shape index (κ2) is 12.9. The highest BCUT2D eigenvalue weighted by atomic mass is 32.1. The molecule has 2 fully saturated rings. The summed E-state index contributed by atoms with van der Waals surface area (Å²) in [6.45, 7) is 11.7. The number of rotatable bonds is 4. The molecule has 0 saturated heterocycles. The van der Waals surface area contributed by atoms with E-state index in [4.69, 9.17) is 5.11 Å². The van der Waals surface area contributed by atoms with Crippen LogP contribution in [-0.4, -0.2) is 45.4 Å². The number of aromatic carboxylic acids is 1. The Morgan fingerprint density at radius 1 is 1.06 bits per heavy atom. The molecule has 6 nitrogen and oxygen atoms in total. The Labute approximate surface area is 214 Å². The number of anilines is 1. The number of carbonyl (C=O) groups is 2. The number of nitrogens with zero attached hydrogens (tertiary/aromatic N) is 1. The maximum Gasteiger partial charge on any atom is 0.348 e. The molecular formula is C28H43NO5S. The van der Waals surface area contributed by atoms with Crippen LogP contribution in [0.3, 0.4) is 0 Å². The van der Waals surface area contributed by atoms with Crippen LogP contribution < -0.4 is 4.90 Å². The molecule has 0 unspecified atom stereocenters. The largest absolute Gasteiger partial charge is 0.477 e. The van der Waals surface area contributed by atoms with E-state index >= 15 is 0 Å². The third kappa shape index (κ3) is 9.25. The van der Waals surface area contributed by atoms with E-state index in [0.29, 0.717) is 42.2 Å². The van der Waals surface area contributed by atoms with Gasteiger partial charge in [0.25, 0.3) is 0 Å². The number of amides is 1. The van der Waals surface area contributed by atoms with Gasteiger partial charge in [0.15, 0.2) is 0 Å². The van der Waals surface area contributed by atoms with Crippen LogP contribution in [0.2, 0.25) is 0 Å². The highest BCUT2D eigenvalue weighted by Gasteiger charge is 2.37. The van der Waals surface area contributed by atoms with Crippen LogP contribution in [0.4, 0.5) is 5.69 Å². The number of aliphatic hydroxyl groups is 2. The predicted molar refractivity (Wildman–Crippen MR) is 142 cm³/mol. The Hall–Kier alpha value is -1.88. The summed E-state index contributed by atoms with van der Waals surface area (Å²) in [6, 6.07) is 1.72. The van der Waals surface area contributed by atoms with Crippen molar-refractivity contribution in [3.05, 3.63) is 15.8 Å². The van der Waals surface area contributed by atoms with Crippen LogP contribution in [0.5, 0.6) is 0 Å². The quantitative estimate of drug-likeness (QED) is 0.457. The second-order valence-electron chi connectivity index (χ2n) is 11.4. The van der Waals surface area contributed by atoms with E-state index in [0.717, 1.165) is 37.0 Å². The van der Waals surface area contributed by atoms with Crippen LogP contribution >= 0.6 is 11.3 Å². The van der Waals surface area contributed by atoms with E-state index in [9.17, 15) is 19.8 Å². The third-order valence-corrected chi connectivity index (χ3v) is 7.39. The molecule has 2 aliphatic rings. The molecule has 0 bridgehead atoms. The monoisotopic (exact) mass is 505 g/mol. The van der Waals surface area contributed by atoms with Gasteiger partial charge in [-0.3, -0.25) is 4.79 Å². The van der Waals surface area contributed by atoms with Crippen LogP contribution in [0, 0.1) is 29.1 Å². The van der Waals surface area contributed by atoms with Crippen molar-refractivity contribution in [2.24, 2.45) is 17.3 Å². The molecule has 3 N–H and O–H groups in total. The molecule has 0 aromatic carbocycles. The standard InChI is InChI=1S/C25H35NO4S.C3H8O/c1-16-5-7-17(8-6-16)23(28)26(18-9-11-19(27)12-10-18)21-15-20(13-14-25(2,3)4)31-22(21)24(29)30;1-3(2)4/h15-19,27H,5-12H2,1-4H3,(H,29,30);3-4H,1-2H3. The minimum Gasteiger partial charge on any atom is -0.477 e. The summed E-state index contributed by atoms with van der Waals surface area (Å²) in [5.41, 5.74) is 0.294. The molecule has 196 valence electrons. The van der Waals surface area contributed by atoms with E-state index in [-0.39, 0.29) is 40.4 Å². The molecule has 1 heterocycles. The number of thiophene rings is 1. The lowest BCUT2D eigenvalue weighted by atomic mass is 9.81. The number of carbonyl (C=O) groups excluding carboxylic acids is 1. The average molecular weight is 506 g/mol. The van der Waals surface area contributed by atoms with Crippen molar-refractivity contribution < 1.29 is 24.9 Å². The summed E-state index contributed by atoms with van der Waals surface area (Å²) in [5, 5.41) is 27.9. The molecule has 0 spiro atoms. The fraction of sp³-hybridized carbons (Fsp3) is 0.714. The summed E-state index contributed by atoms with van der Waals surface area (Å²) < 4.78 is 0. The first kappa shape index (κ1) is 29.4. The lowest BCUT2D eigenvalue weighted by molar-refractivity contribution is -0.124. The van der Waals surface area contributed by atoms with Gasteiger partial charge in [-0.1, -0.05) is 18.8 Å². The topological polar surface area (TPSA) is 98.1 Å². The molecule has 2 saturated carbocycles. The van der Waals surface area contributed by atoms with Gasteiger partial charge >= 0.3 is 5.97 Å². The van der Waals surface area contributed by atoms with Crippen molar-refractivity contribution in [1.82, 2.24) is 0 Å². The second-order valence-corrected chi connectivity index (χ2v) is 12.4. The number of aliphatic hydroxyl groups excluding tert-OH is 2. The molecule has 35 heavy (non-hydrogen) atoms. The molecule has 0 radical (unpaired) electrons. The lowest BCUT2D eigenvalue weighted by Gasteiger charge is -2.38. The Balaban J connectivity index is 0.00000100.